The van der Waals surface area contributed by atoms with Crippen LogP contribution >= 0.6 is 24.8 Å². The topological polar surface area (TPSA) is 58.8 Å². The Morgan fingerprint density at radius 3 is 2.22 bits per heavy atom. The zero-order valence-corrected chi connectivity index (χ0v) is 17.0. The second kappa shape index (κ2) is 11.0. The van der Waals surface area contributed by atoms with Gasteiger partial charge in [0.05, 0.1) is 18.8 Å². The van der Waals surface area contributed by atoms with Gasteiger partial charge < -0.3 is 20.3 Å². The minimum Gasteiger partial charge on any atom is -0.495 e. The Kier molecular flexibility index (Phi) is 9.43. The first-order valence-electron chi connectivity index (χ1n) is 8.65. The summed E-state index contributed by atoms with van der Waals surface area (Å²) in [6.45, 7) is 2.92. The lowest BCUT2D eigenvalue weighted by molar-refractivity contribution is -0.132. The van der Waals surface area contributed by atoms with Crippen LogP contribution in [0.5, 0.6) is 5.75 Å². The summed E-state index contributed by atoms with van der Waals surface area (Å²) in [6.07, 6.45) is 0.576. The van der Waals surface area contributed by atoms with E-state index in [1.54, 1.807) is 7.11 Å². The van der Waals surface area contributed by atoms with Crippen molar-refractivity contribution < 1.29 is 9.53 Å². The minimum atomic E-state index is -0.486. The zero-order chi connectivity index (χ0) is 17.6. The fourth-order valence-electron chi connectivity index (χ4n) is 3.25. The van der Waals surface area contributed by atoms with Crippen molar-refractivity contribution in [1.29, 1.82) is 0 Å². The molecule has 0 bridgehead atoms. The standard InChI is InChI=1S/C20H25N3O2.2ClH/c1-25-19-10-6-5-9-18(19)22-11-13-23(14-12-22)20(24)17(21)15-16-7-3-2-4-8-16;;/h2-10,17H,11-15,21H2,1H3;2*1H. The number of benzene rings is 2. The number of nitrogens with zero attached hydrogens (tertiary/aromatic N) is 2. The lowest BCUT2D eigenvalue weighted by atomic mass is 10.1. The number of amides is 1. The molecule has 1 amide bonds. The molecular weight excluding hydrogens is 385 g/mol. The molecule has 1 aliphatic rings. The van der Waals surface area contributed by atoms with E-state index in [2.05, 4.69) is 11.0 Å². The Balaban J connectivity index is 0.00000182. The number of hydrogen-bond donors (Lipinski definition) is 1. The van der Waals surface area contributed by atoms with Gasteiger partial charge in [0, 0.05) is 26.2 Å². The number of carbonyl (C=O) groups is 1. The SMILES string of the molecule is COc1ccccc1N1CCN(C(=O)C(N)Cc2ccccc2)CC1.Cl.Cl. The van der Waals surface area contributed by atoms with E-state index in [0.29, 0.717) is 19.5 Å². The summed E-state index contributed by atoms with van der Waals surface area (Å²) in [6, 6.07) is 17.4. The Morgan fingerprint density at radius 2 is 1.59 bits per heavy atom. The predicted octanol–water partition coefficient (Wildman–Crippen LogP) is 2.76. The van der Waals surface area contributed by atoms with Gasteiger partial charge in [0.1, 0.15) is 5.75 Å². The molecule has 3 rings (SSSR count). The summed E-state index contributed by atoms with van der Waals surface area (Å²) in [7, 11) is 1.68. The van der Waals surface area contributed by atoms with E-state index in [1.165, 1.54) is 0 Å². The molecule has 0 spiro atoms. The maximum atomic E-state index is 12.6. The lowest BCUT2D eigenvalue weighted by Gasteiger charge is -2.37. The van der Waals surface area contributed by atoms with Gasteiger partial charge in [0.25, 0.3) is 0 Å². The number of para-hydroxylation sites is 2. The Bertz CT molecular complexity index is 707. The van der Waals surface area contributed by atoms with E-state index >= 15 is 0 Å². The largest absolute Gasteiger partial charge is 0.495 e. The first kappa shape index (κ1) is 23.1. The van der Waals surface area contributed by atoms with Crippen LogP contribution in [-0.2, 0) is 11.2 Å². The molecule has 1 aliphatic heterocycles. The van der Waals surface area contributed by atoms with Crippen molar-refractivity contribution in [2.45, 2.75) is 12.5 Å². The van der Waals surface area contributed by atoms with Crippen molar-refractivity contribution in [1.82, 2.24) is 4.90 Å². The number of rotatable bonds is 5. The van der Waals surface area contributed by atoms with Crippen LogP contribution < -0.4 is 15.4 Å². The van der Waals surface area contributed by atoms with Gasteiger partial charge in [-0.3, -0.25) is 4.79 Å². The fraction of sp³-hybridized carbons (Fsp3) is 0.350. The van der Waals surface area contributed by atoms with Gasteiger partial charge in [-0.15, -0.1) is 24.8 Å². The molecule has 1 unspecified atom stereocenters. The van der Waals surface area contributed by atoms with Gasteiger partial charge in [0.15, 0.2) is 0 Å². The Morgan fingerprint density at radius 1 is 1.00 bits per heavy atom. The summed E-state index contributed by atoms with van der Waals surface area (Å²) in [5, 5.41) is 0. The first-order valence-corrected chi connectivity index (χ1v) is 8.65. The molecule has 1 heterocycles. The summed E-state index contributed by atoms with van der Waals surface area (Å²) in [5.41, 5.74) is 8.31. The second-order valence-corrected chi connectivity index (χ2v) is 6.28. The van der Waals surface area contributed by atoms with Crippen molar-refractivity contribution in [2.24, 2.45) is 5.73 Å². The third kappa shape index (κ3) is 5.76. The number of nitrogens with two attached hydrogens (primary N) is 1. The molecule has 148 valence electrons. The first-order chi connectivity index (χ1) is 12.2. The number of methoxy groups -OCH3 is 1. The zero-order valence-electron chi connectivity index (χ0n) is 15.4. The highest BCUT2D eigenvalue weighted by Crippen LogP contribution is 2.28. The van der Waals surface area contributed by atoms with Gasteiger partial charge in [-0.05, 0) is 24.1 Å². The second-order valence-electron chi connectivity index (χ2n) is 6.28. The molecule has 7 heteroatoms. The van der Waals surface area contributed by atoms with Crippen molar-refractivity contribution in [2.75, 3.05) is 38.2 Å². The van der Waals surface area contributed by atoms with Gasteiger partial charge in [-0.1, -0.05) is 42.5 Å². The normalized spacial score (nSPS) is 14.6. The lowest BCUT2D eigenvalue weighted by Crippen LogP contribution is -2.53. The summed E-state index contributed by atoms with van der Waals surface area (Å²) < 4.78 is 5.44. The van der Waals surface area contributed by atoms with E-state index in [1.807, 2.05) is 53.4 Å². The number of anilines is 1. The summed E-state index contributed by atoms with van der Waals surface area (Å²) >= 11 is 0. The van der Waals surface area contributed by atoms with Gasteiger partial charge in [0.2, 0.25) is 5.91 Å². The molecule has 0 aliphatic carbocycles. The molecule has 0 radical (unpaired) electrons. The van der Waals surface area contributed by atoms with Crippen LogP contribution in [0.4, 0.5) is 5.69 Å². The molecular formula is C20H27Cl2N3O2. The number of carbonyl (C=O) groups excluding carboxylic acids is 1. The monoisotopic (exact) mass is 411 g/mol. The molecule has 1 saturated heterocycles. The van der Waals surface area contributed by atoms with Crippen molar-refractivity contribution >= 4 is 36.4 Å². The van der Waals surface area contributed by atoms with Gasteiger partial charge in [-0.25, -0.2) is 0 Å². The minimum absolute atomic E-state index is 0. The molecule has 1 fully saturated rings. The molecule has 1 atom stereocenters. The molecule has 2 aromatic carbocycles. The summed E-state index contributed by atoms with van der Waals surface area (Å²) in [4.78, 5) is 16.8. The molecule has 2 N–H and O–H groups in total. The number of hydrogen-bond acceptors (Lipinski definition) is 4. The van der Waals surface area contributed by atoms with Crippen LogP contribution in [0.25, 0.3) is 0 Å². The van der Waals surface area contributed by atoms with Gasteiger partial charge >= 0.3 is 0 Å². The molecule has 5 nitrogen and oxygen atoms in total. The van der Waals surface area contributed by atoms with Crippen LogP contribution in [0.1, 0.15) is 5.56 Å². The van der Waals surface area contributed by atoms with Gasteiger partial charge in [-0.2, -0.15) is 0 Å². The number of piperazine rings is 1. The highest BCUT2D eigenvalue weighted by atomic mass is 35.5. The third-order valence-electron chi connectivity index (χ3n) is 4.63. The molecule has 27 heavy (non-hydrogen) atoms. The Hall–Kier alpha value is -1.95. The number of halogens is 2. The molecule has 2 aromatic rings. The highest BCUT2D eigenvalue weighted by Gasteiger charge is 2.26. The van der Waals surface area contributed by atoms with E-state index in [9.17, 15) is 4.79 Å². The maximum Gasteiger partial charge on any atom is 0.239 e. The van der Waals surface area contributed by atoms with E-state index < -0.39 is 6.04 Å². The average Bonchev–Trinajstić information content (AvgIpc) is 2.68. The van der Waals surface area contributed by atoms with E-state index in [0.717, 1.165) is 30.1 Å². The van der Waals surface area contributed by atoms with Crippen molar-refractivity contribution in [3.05, 3.63) is 60.2 Å². The van der Waals surface area contributed by atoms with E-state index in [-0.39, 0.29) is 30.7 Å². The quantitative estimate of drug-likeness (QED) is 0.821. The average molecular weight is 412 g/mol. The maximum absolute atomic E-state index is 12.6. The highest BCUT2D eigenvalue weighted by molar-refractivity contribution is 5.85. The molecule has 0 aromatic heterocycles. The van der Waals surface area contributed by atoms with Crippen LogP contribution in [0.2, 0.25) is 0 Å². The third-order valence-corrected chi connectivity index (χ3v) is 4.63. The van der Waals surface area contributed by atoms with Crippen LogP contribution in [0, 0.1) is 0 Å². The van der Waals surface area contributed by atoms with Crippen LogP contribution in [0.3, 0.4) is 0 Å². The fourth-order valence-corrected chi connectivity index (χ4v) is 3.25. The van der Waals surface area contributed by atoms with Crippen LogP contribution in [0.15, 0.2) is 54.6 Å². The smallest absolute Gasteiger partial charge is 0.239 e. The van der Waals surface area contributed by atoms with Crippen LogP contribution in [-0.4, -0.2) is 50.1 Å². The summed E-state index contributed by atoms with van der Waals surface area (Å²) in [5.74, 6) is 0.895. The van der Waals surface area contributed by atoms with Crippen molar-refractivity contribution in [3.8, 4) is 5.75 Å². The molecule has 0 saturated carbocycles. The number of ether oxygens (including phenoxy) is 1. The Labute approximate surface area is 173 Å². The van der Waals surface area contributed by atoms with E-state index in [4.69, 9.17) is 10.5 Å². The van der Waals surface area contributed by atoms with Crippen molar-refractivity contribution in [3.63, 3.8) is 0 Å². The predicted molar refractivity (Wildman–Crippen MR) is 114 cm³/mol.